The molecule has 1 aromatic carbocycles. The summed E-state index contributed by atoms with van der Waals surface area (Å²) in [6.07, 6.45) is 3.54. The number of nitro groups is 2. The Morgan fingerprint density at radius 3 is 2.09 bits per heavy atom. The van der Waals surface area contributed by atoms with Crippen LogP contribution in [0.3, 0.4) is 0 Å². The minimum absolute atomic E-state index is 0.0404. The lowest BCUT2D eigenvalue weighted by Crippen LogP contribution is -2.17. The number of rotatable bonds is 5. The van der Waals surface area contributed by atoms with E-state index in [-0.39, 0.29) is 17.3 Å². The molecule has 9 heteroatoms. The first kappa shape index (κ1) is 15.7. The van der Waals surface area contributed by atoms with E-state index in [2.05, 4.69) is 10.1 Å². The summed E-state index contributed by atoms with van der Waals surface area (Å²) >= 11 is 0. The van der Waals surface area contributed by atoms with E-state index in [4.69, 9.17) is 0 Å². The number of carbonyl (C=O) groups excluding carboxylic acids is 1. The van der Waals surface area contributed by atoms with E-state index in [1.54, 1.807) is 0 Å². The van der Waals surface area contributed by atoms with Crippen molar-refractivity contribution >= 4 is 23.0 Å². The molecular weight excluding hydrogens is 294 g/mol. The number of nitrogens with one attached hydrogen (secondary N) is 1. The topological polar surface area (TPSA) is 125 Å². The van der Waals surface area contributed by atoms with Crippen LogP contribution >= 0.6 is 0 Å². The Morgan fingerprint density at radius 2 is 1.68 bits per heavy atom. The van der Waals surface area contributed by atoms with Gasteiger partial charge in [-0.25, -0.2) is 4.79 Å². The number of anilines is 1. The smallest absolute Gasteiger partial charge is 0.338 e. The first-order valence-electron chi connectivity index (χ1n) is 6.75. The summed E-state index contributed by atoms with van der Waals surface area (Å²) < 4.78 is 4.47. The fraction of sp³-hybridized carbons (Fsp3) is 0.462. The molecule has 1 aromatic rings. The SMILES string of the molecule is COC(=O)c1cc([N+](=O)[O-])c(NC2CCCC2)c([N+](=O)[O-])c1. The molecule has 2 rings (SSSR count). The summed E-state index contributed by atoms with van der Waals surface area (Å²) in [5.41, 5.74) is -1.38. The lowest BCUT2D eigenvalue weighted by molar-refractivity contribution is -0.392. The highest BCUT2D eigenvalue weighted by atomic mass is 16.6. The summed E-state index contributed by atoms with van der Waals surface area (Å²) in [6.45, 7) is 0. The second kappa shape index (κ2) is 6.37. The number of methoxy groups -OCH3 is 1. The van der Waals surface area contributed by atoms with Crippen molar-refractivity contribution in [1.29, 1.82) is 0 Å². The van der Waals surface area contributed by atoms with E-state index in [9.17, 15) is 25.0 Å². The maximum Gasteiger partial charge on any atom is 0.338 e. The van der Waals surface area contributed by atoms with Gasteiger partial charge in [-0.3, -0.25) is 20.2 Å². The largest absolute Gasteiger partial charge is 0.465 e. The van der Waals surface area contributed by atoms with Gasteiger partial charge in [0.2, 0.25) is 0 Å². The second-order valence-corrected chi connectivity index (χ2v) is 5.02. The molecule has 0 aromatic heterocycles. The second-order valence-electron chi connectivity index (χ2n) is 5.02. The quantitative estimate of drug-likeness (QED) is 0.503. The fourth-order valence-electron chi connectivity index (χ4n) is 2.56. The Labute approximate surface area is 125 Å². The molecule has 9 nitrogen and oxygen atoms in total. The lowest BCUT2D eigenvalue weighted by Gasteiger charge is -2.14. The Morgan fingerprint density at radius 1 is 1.18 bits per heavy atom. The van der Waals surface area contributed by atoms with Crippen molar-refractivity contribution in [2.75, 3.05) is 12.4 Å². The van der Waals surface area contributed by atoms with Crippen molar-refractivity contribution in [3.63, 3.8) is 0 Å². The number of benzene rings is 1. The Balaban J connectivity index is 2.54. The van der Waals surface area contributed by atoms with E-state index < -0.39 is 27.2 Å². The van der Waals surface area contributed by atoms with Crippen LogP contribution in [0.1, 0.15) is 36.0 Å². The Kier molecular flexibility index (Phi) is 4.54. The van der Waals surface area contributed by atoms with E-state index >= 15 is 0 Å². The summed E-state index contributed by atoms with van der Waals surface area (Å²) in [7, 11) is 1.10. The molecule has 0 atom stereocenters. The van der Waals surface area contributed by atoms with Gasteiger partial charge >= 0.3 is 5.97 Å². The summed E-state index contributed by atoms with van der Waals surface area (Å²) in [6, 6.07) is 1.95. The van der Waals surface area contributed by atoms with Crippen LogP contribution < -0.4 is 5.32 Å². The fourth-order valence-corrected chi connectivity index (χ4v) is 2.56. The van der Waals surface area contributed by atoms with Crippen LogP contribution in [0, 0.1) is 20.2 Å². The number of nitrogens with zero attached hydrogens (tertiary/aromatic N) is 2. The molecule has 118 valence electrons. The van der Waals surface area contributed by atoms with Crippen LogP contribution in [0.15, 0.2) is 12.1 Å². The average molecular weight is 309 g/mol. The van der Waals surface area contributed by atoms with Gasteiger partial charge in [0.15, 0.2) is 5.69 Å². The van der Waals surface area contributed by atoms with Crippen LogP contribution in [0.5, 0.6) is 0 Å². The first-order chi connectivity index (χ1) is 10.4. The van der Waals surface area contributed by atoms with Gasteiger partial charge < -0.3 is 10.1 Å². The molecule has 1 fully saturated rings. The van der Waals surface area contributed by atoms with Gasteiger partial charge in [0, 0.05) is 18.2 Å². The average Bonchev–Trinajstić information content (AvgIpc) is 2.98. The van der Waals surface area contributed by atoms with Crippen molar-refractivity contribution in [1.82, 2.24) is 0 Å². The highest BCUT2D eigenvalue weighted by Gasteiger charge is 2.31. The Bertz CT molecular complexity index is 589. The van der Waals surface area contributed by atoms with Gasteiger partial charge in [-0.05, 0) is 12.8 Å². The predicted octanol–water partition coefficient (Wildman–Crippen LogP) is 2.64. The van der Waals surface area contributed by atoms with Crippen molar-refractivity contribution in [3.8, 4) is 0 Å². The molecule has 0 unspecified atom stereocenters. The third-order valence-corrected chi connectivity index (χ3v) is 3.61. The number of ether oxygens (including phenoxy) is 1. The van der Waals surface area contributed by atoms with Crippen LogP contribution in [-0.2, 0) is 4.74 Å². The summed E-state index contributed by atoms with van der Waals surface area (Å²) in [5, 5.41) is 25.3. The predicted molar refractivity (Wildman–Crippen MR) is 77.0 cm³/mol. The van der Waals surface area contributed by atoms with Crippen LogP contribution in [-0.4, -0.2) is 29.0 Å². The number of nitro benzene ring substituents is 2. The third kappa shape index (κ3) is 3.13. The number of esters is 1. The van der Waals surface area contributed by atoms with E-state index in [0.29, 0.717) is 0 Å². The number of carbonyl (C=O) groups is 1. The van der Waals surface area contributed by atoms with E-state index in [1.807, 2.05) is 0 Å². The van der Waals surface area contributed by atoms with Gasteiger partial charge in [-0.1, -0.05) is 12.8 Å². The van der Waals surface area contributed by atoms with Gasteiger partial charge in [-0.2, -0.15) is 0 Å². The zero-order valence-electron chi connectivity index (χ0n) is 11.9. The molecule has 0 radical (unpaired) electrons. The van der Waals surface area contributed by atoms with Crippen LogP contribution in [0.2, 0.25) is 0 Å². The summed E-state index contributed by atoms with van der Waals surface area (Å²) in [5.74, 6) is -0.862. The standard InChI is InChI=1S/C13H15N3O6/c1-22-13(17)8-6-10(15(18)19)12(11(7-8)16(20)21)14-9-4-2-3-5-9/h6-7,9,14H,2-5H2,1H3. The van der Waals surface area contributed by atoms with Crippen LogP contribution in [0.25, 0.3) is 0 Å². The Hall–Kier alpha value is -2.71. The molecule has 0 amide bonds. The van der Waals surface area contributed by atoms with Crippen molar-refractivity contribution in [2.45, 2.75) is 31.7 Å². The first-order valence-corrected chi connectivity index (χ1v) is 6.75. The monoisotopic (exact) mass is 309 g/mol. The van der Waals surface area contributed by atoms with Gasteiger partial charge in [0.1, 0.15) is 0 Å². The number of hydrogen-bond donors (Lipinski definition) is 1. The molecule has 0 aliphatic heterocycles. The zero-order chi connectivity index (χ0) is 16.3. The number of hydrogen-bond acceptors (Lipinski definition) is 7. The third-order valence-electron chi connectivity index (χ3n) is 3.61. The molecule has 0 bridgehead atoms. The summed E-state index contributed by atoms with van der Waals surface area (Å²) in [4.78, 5) is 32.5. The zero-order valence-corrected chi connectivity index (χ0v) is 11.9. The minimum atomic E-state index is -0.862. The van der Waals surface area contributed by atoms with Crippen LogP contribution in [0.4, 0.5) is 17.1 Å². The van der Waals surface area contributed by atoms with E-state index in [0.717, 1.165) is 44.9 Å². The lowest BCUT2D eigenvalue weighted by atomic mass is 10.1. The van der Waals surface area contributed by atoms with Gasteiger partial charge in [0.05, 0.1) is 22.5 Å². The van der Waals surface area contributed by atoms with Crippen molar-refractivity contribution < 1.29 is 19.4 Å². The maximum atomic E-state index is 11.5. The molecule has 1 aliphatic rings. The van der Waals surface area contributed by atoms with Gasteiger partial charge in [0.25, 0.3) is 11.4 Å². The molecule has 0 spiro atoms. The van der Waals surface area contributed by atoms with Crippen molar-refractivity contribution in [2.24, 2.45) is 0 Å². The van der Waals surface area contributed by atoms with Gasteiger partial charge in [-0.15, -0.1) is 0 Å². The molecule has 1 aliphatic carbocycles. The molecular formula is C13H15N3O6. The minimum Gasteiger partial charge on any atom is -0.465 e. The normalized spacial score (nSPS) is 14.6. The molecule has 0 heterocycles. The highest BCUT2D eigenvalue weighted by Crippen LogP contribution is 2.38. The van der Waals surface area contributed by atoms with E-state index in [1.165, 1.54) is 0 Å². The molecule has 1 N–H and O–H groups in total. The molecule has 0 saturated heterocycles. The van der Waals surface area contributed by atoms with Crippen molar-refractivity contribution in [3.05, 3.63) is 37.9 Å². The highest BCUT2D eigenvalue weighted by molar-refractivity contribution is 5.93. The maximum absolute atomic E-state index is 11.5. The molecule has 1 saturated carbocycles. The molecule has 22 heavy (non-hydrogen) atoms.